The fourth-order valence-corrected chi connectivity index (χ4v) is 7.03. The van der Waals surface area contributed by atoms with Gasteiger partial charge in [0.1, 0.15) is 5.75 Å². The van der Waals surface area contributed by atoms with Gasteiger partial charge in [0.05, 0.1) is 35.3 Å². The number of rotatable bonds is 11. The molecule has 234 valence electrons. The number of aliphatic hydroxyl groups is 2. The summed E-state index contributed by atoms with van der Waals surface area (Å²) in [5, 5.41) is 51.9. The predicted octanol–water partition coefficient (Wildman–Crippen LogP) is 4.32. The van der Waals surface area contributed by atoms with Gasteiger partial charge in [0.25, 0.3) is 0 Å². The molecule has 3 aromatic carbocycles. The van der Waals surface area contributed by atoms with Crippen LogP contribution in [0.1, 0.15) is 50.2 Å². The molecule has 0 spiro atoms. The summed E-state index contributed by atoms with van der Waals surface area (Å²) in [6.45, 7) is 1.60. The van der Waals surface area contributed by atoms with Crippen LogP contribution in [0.3, 0.4) is 0 Å². The highest BCUT2D eigenvalue weighted by atomic mass is 35.5. The van der Waals surface area contributed by atoms with Crippen molar-refractivity contribution in [1.29, 1.82) is 0 Å². The van der Waals surface area contributed by atoms with E-state index in [4.69, 9.17) is 11.6 Å². The standard InChI is InChI=1S/C35H37BClNO7/c1-2-7-24-17-28-33(35(43)38(34(28)42)26-11-6-10-25(18-26)36(44)45)29(20-39)32(24)31(41)15-13-22(21-8-4-3-5-9-21)16-23-12-14-27(40)19-30(23)37/h3-6,8-12,14,16,18-19,28-29,31,33,39-41,44-45H,2,7,13,15,17,20H2,1H3/b22-16-/t28-,29+,31-,33-/m1/s1. The number of imide groups is 1. The summed E-state index contributed by atoms with van der Waals surface area (Å²) in [4.78, 5) is 28.6. The van der Waals surface area contributed by atoms with Crippen LogP contribution < -0.4 is 10.4 Å². The first-order valence-electron chi connectivity index (χ1n) is 15.2. The van der Waals surface area contributed by atoms with Gasteiger partial charge in [0, 0.05) is 5.92 Å². The minimum atomic E-state index is -1.76. The van der Waals surface area contributed by atoms with Crippen LogP contribution in [-0.4, -0.2) is 57.0 Å². The molecule has 0 unspecified atom stereocenters. The average Bonchev–Trinajstić information content (AvgIpc) is 3.28. The summed E-state index contributed by atoms with van der Waals surface area (Å²) in [5.74, 6) is -3.09. The lowest BCUT2D eigenvalue weighted by molar-refractivity contribution is -0.123. The Morgan fingerprint density at radius 1 is 1.04 bits per heavy atom. The van der Waals surface area contributed by atoms with Gasteiger partial charge in [-0.05, 0) is 89.8 Å². The number of halogens is 1. The van der Waals surface area contributed by atoms with E-state index in [1.165, 1.54) is 18.2 Å². The van der Waals surface area contributed by atoms with E-state index in [0.717, 1.165) is 33.6 Å². The molecular formula is C35H37BClNO7. The lowest BCUT2D eigenvalue weighted by Gasteiger charge is -2.36. The van der Waals surface area contributed by atoms with Crippen molar-refractivity contribution in [3.63, 3.8) is 0 Å². The molecular weight excluding hydrogens is 593 g/mol. The van der Waals surface area contributed by atoms with Crippen molar-refractivity contribution in [1.82, 2.24) is 0 Å². The van der Waals surface area contributed by atoms with E-state index in [2.05, 4.69) is 0 Å². The van der Waals surface area contributed by atoms with Gasteiger partial charge in [0.2, 0.25) is 11.8 Å². The number of hydrogen-bond donors (Lipinski definition) is 5. The number of allylic oxidation sites excluding steroid dienone is 2. The number of phenolic OH excluding ortho intramolecular Hbond substituents is 1. The SMILES string of the molecule is CCCC1=C([C@H](O)CC/C(=C/c2ccc(O)cc2Cl)c2ccccc2)[C@H](CO)[C@@H]2C(=O)N(c3cccc(B(O)O)c3)C(=O)[C@@H]2C1. The molecule has 8 nitrogen and oxygen atoms in total. The first-order chi connectivity index (χ1) is 21.6. The van der Waals surface area contributed by atoms with E-state index in [0.29, 0.717) is 36.3 Å². The van der Waals surface area contributed by atoms with E-state index < -0.39 is 49.4 Å². The predicted molar refractivity (Wildman–Crippen MR) is 176 cm³/mol. The monoisotopic (exact) mass is 629 g/mol. The number of nitrogens with zero attached hydrogens (tertiary/aromatic N) is 1. The Morgan fingerprint density at radius 3 is 2.47 bits per heavy atom. The van der Waals surface area contributed by atoms with Crippen LogP contribution in [0.25, 0.3) is 11.6 Å². The van der Waals surface area contributed by atoms with Gasteiger partial charge in [-0.15, -0.1) is 0 Å². The van der Waals surface area contributed by atoms with Crippen LogP contribution in [0.2, 0.25) is 5.02 Å². The number of aromatic hydroxyl groups is 1. The molecule has 2 aliphatic rings. The van der Waals surface area contributed by atoms with Gasteiger partial charge in [0.15, 0.2) is 0 Å². The summed E-state index contributed by atoms with van der Waals surface area (Å²) >= 11 is 6.42. The Hall–Kier alpha value is -3.73. The molecule has 0 bridgehead atoms. The smallest absolute Gasteiger partial charge is 0.488 e. The second-order valence-electron chi connectivity index (χ2n) is 11.7. The third kappa shape index (κ3) is 6.78. The highest BCUT2D eigenvalue weighted by Crippen LogP contribution is 2.48. The maximum atomic E-state index is 13.9. The van der Waals surface area contributed by atoms with E-state index >= 15 is 0 Å². The van der Waals surface area contributed by atoms with E-state index in [1.54, 1.807) is 24.3 Å². The molecule has 1 aliphatic carbocycles. The Labute approximate surface area is 268 Å². The summed E-state index contributed by atoms with van der Waals surface area (Å²) in [6, 6.07) is 20.5. The van der Waals surface area contributed by atoms with Crippen molar-refractivity contribution in [2.45, 2.75) is 45.1 Å². The van der Waals surface area contributed by atoms with Crippen LogP contribution in [-0.2, 0) is 9.59 Å². The number of amides is 2. The molecule has 1 saturated heterocycles. The molecule has 4 atom stereocenters. The third-order valence-electron chi connectivity index (χ3n) is 8.86. The van der Waals surface area contributed by atoms with Gasteiger partial charge in [-0.25, -0.2) is 0 Å². The minimum absolute atomic E-state index is 0.0621. The molecule has 0 saturated carbocycles. The molecule has 2 amide bonds. The van der Waals surface area contributed by atoms with Crippen molar-refractivity contribution in [2.24, 2.45) is 17.8 Å². The molecule has 1 fully saturated rings. The van der Waals surface area contributed by atoms with E-state index in [9.17, 15) is 35.0 Å². The highest BCUT2D eigenvalue weighted by molar-refractivity contribution is 6.58. The van der Waals surface area contributed by atoms with Crippen molar-refractivity contribution >= 4 is 53.3 Å². The summed E-state index contributed by atoms with van der Waals surface area (Å²) < 4.78 is 0. The second-order valence-corrected chi connectivity index (χ2v) is 12.1. The van der Waals surface area contributed by atoms with Crippen molar-refractivity contribution < 1.29 is 35.0 Å². The molecule has 1 heterocycles. The highest BCUT2D eigenvalue weighted by Gasteiger charge is 2.55. The number of carbonyl (C=O) groups is 2. The van der Waals surface area contributed by atoms with Crippen LogP contribution >= 0.6 is 11.6 Å². The Balaban J connectivity index is 1.45. The maximum Gasteiger partial charge on any atom is 0.488 e. The number of anilines is 1. The van der Waals surface area contributed by atoms with Crippen molar-refractivity contribution in [3.8, 4) is 5.75 Å². The molecule has 1 aliphatic heterocycles. The first-order valence-corrected chi connectivity index (χ1v) is 15.6. The zero-order valence-electron chi connectivity index (χ0n) is 25.0. The number of fused-ring (bicyclic) bond motifs is 1. The largest absolute Gasteiger partial charge is 0.508 e. The number of benzene rings is 3. The molecule has 3 aromatic rings. The van der Waals surface area contributed by atoms with Gasteiger partial charge < -0.3 is 25.4 Å². The molecule has 5 rings (SSSR count). The van der Waals surface area contributed by atoms with E-state index in [-0.39, 0.29) is 16.9 Å². The zero-order valence-corrected chi connectivity index (χ0v) is 25.8. The molecule has 0 radical (unpaired) electrons. The Kier molecular flexibility index (Phi) is 10.3. The van der Waals surface area contributed by atoms with Gasteiger partial charge in [-0.2, -0.15) is 0 Å². The van der Waals surface area contributed by atoms with Crippen LogP contribution in [0.4, 0.5) is 5.69 Å². The summed E-state index contributed by atoms with van der Waals surface area (Å²) in [7, 11) is -1.76. The normalized spacial score (nSPS) is 20.9. The Morgan fingerprint density at radius 2 is 1.80 bits per heavy atom. The lowest BCUT2D eigenvalue weighted by atomic mass is 9.67. The zero-order chi connectivity index (χ0) is 32.2. The topological polar surface area (TPSA) is 139 Å². The second kappa shape index (κ2) is 14.1. The quantitative estimate of drug-likeness (QED) is 0.0922. The van der Waals surface area contributed by atoms with Crippen LogP contribution in [0, 0.1) is 17.8 Å². The fraction of sp³-hybridized carbons (Fsp3) is 0.314. The summed E-state index contributed by atoms with van der Waals surface area (Å²) in [6.07, 6.45) is 3.39. The molecule has 45 heavy (non-hydrogen) atoms. The Bertz CT molecular complexity index is 1620. The third-order valence-corrected chi connectivity index (χ3v) is 9.19. The molecule has 10 heteroatoms. The number of carbonyl (C=O) groups excluding carboxylic acids is 2. The number of hydrogen-bond acceptors (Lipinski definition) is 7. The first kappa shape index (κ1) is 32.7. The number of aliphatic hydroxyl groups excluding tert-OH is 2. The van der Waals surface area contributed by atoms with Gasteiger partial charge in [-0.1, -0.05) is 73.0 Å². The summed E-state index contributed by atoms with van der Waals surface area (Å²) in [5.41, 5.74) is 4.48. The average molecular weight is 630 g/mol. The maximum absolute atomic E-state index is 13.9. The number of phenols is 1. The molecule has 5 N–H and O–H groups in total. The van der Waals surface area contributed by atoms with Crippen molar-refractivity contribution in [3.05, 3.63) is 100 Å². The van der Waals surface area contributed by atoms with Crippen LogP contribution in [0.5, 0.6) is 5.75 Å². The molecule has 0 aromatic heterocycles. The van der Waals surface area contributed by atoms with Gasteiger partial charge in [-0.3, -0.25) is 14.5 Å². The minimum Gasteiger partial charge on any atom is -0.508 e. The lowest BCUT2D eigenvalue weighted by Crippen LogP contribution is -2.39. The van der Waals surface area contributed by atoms with Crippen molar-refractivity contribution in [2.75, 3.05) is 11.5 Å². The fourth-order valence-electron chi connectivity index (χ4n) is 6.80. The van der Waals surface area contributed by atoms with Gasteiger partial charge >= 0.3 is 7.12 Å². The van der Waals surface area contributed by atoms with E-state index in [1.807, 2.05) is 43.3 Å². The van der Waals surface area contributed by atoms with Crippen LogP contribution in [0.15, 0.2) is 83.9 Å².